The standard InChI is InChI=1S/C19H17N3O3/c1-11(17-21-14-8-4-5-9-15(14)22-17)20-18(23)16-10-12-6-2-3-7-13(12)19(24)25-16/h2-9,11,16H,10H2,1H3,(H,20,23)(H,21,22). The van der Waals surface area contributed by atoms with Crippen LogP contribution < -0.4 is 5.32 Å². The highest BCUT2D eigenvalue weighted by Crippen LogP contribution is 2.21. The average Bonchev–Trinajstić information content (AvgIpc) is 3.06. The summed E-state index contributed by atoms with van der Waals surface area (Å²) >= 11 is 0. The molecule has 0 spiro atoms. The molecule has 0 radical (unpaired) electrons. The summed E-state index contributed by atoms with van der Waals surface area (Å²) in [7, 11) is 0. The fourth-order valence-corrected chi connectivity index (χ4v) is 3.03. The van der Waals surface area contributed by atoms with E-state index in [2.05, 4.69) is 15.3 Å². The summed E-state index contributed by atoms with van der Waals surface area (Å²) in [5, 5.41) is 2.87. The number of benzene rings is 2. The number of aromatic amines is 1. The van der Waals surface area contributed by atoms with E-state index in [1.165, 1.54) is 0 Å². The van der Waals surface area contributed by atoms with E-state index in [0.29, 0.717) is 17.8 Å². The summed E-state index contributed by atoms with van der Waals surface area (Å²) in [5.74, 6) is -0.119. The number of ether oxygens (including phenoxy) is 1. The van der Waals surface area contributed by atoms with Crippen molar-refractivity contribution in [2.75, 3.05) is 0 Å². The smallest absolute Gasteiger partial charge is 0.339 e. The Kier molecular flexibility index (Phi) is 3.72. The third kappa shape index (κ3) is 2.87. The lowest BCUT2D eigenvalue weighted by molar-refractivity contribution is -0.131. The van der Waals surface area contributed by atoms with Gasteiger partial charge >= 0.3 is 5.97 Å². The second kappa shape index (κ2) is 6.05. The fourth-order valence-electron chi connectivity index (χ4n) is 3.03. The molecule has 0 fully saturated rings. The quantitative estimate of drug-likeness (QED) is 0.720. The largest absolute Gasteiger partial charge is 0.448 e. The Morgan fingerprint density at radius 2 is 2.00 bits per heavy atom. The Morgan fingerprint density at radius 1 is 1.24 bits per heavy atom. The van der Waals surface area contributed by atoms with E-state index in [4.69, 9.17) is 4.74 Å². The van der Waals surface area contributed by atoms with Gasteiger partial charge in [0.1, 0.15) is 5.82 Å². The van der Waals surface area contributed by atoms with Crippen LogP contribution in [0.5, 0.6) is 0 Å². The first-order valence-electron chi connectivity index (χ1n) is 8.16. The maximum atomic E-state index is 12.5. The Bertz CT molecular complexity index is 930. The van der Waals surface area contributed by atoms with Gasteiger partial charge in [0.25, 0.3) is 5.91 Å². The maximum absolute atomic E-state index is 12.5. The van der Waals surface area contributed by atoms with E-state index in [1.807, 2.05) is 43.3 Å². The van der Waals surface area contributed by atoms with E-state index in [-0.39, 0.29) is 11.9 Å². The zero-order valence-electron chi connectivity index (χ0n) is 13.7. The number of amides is 1. The first kappa shape index (κ1) is 15.4. The second-order valence-electron chi connectivity index (χ2n) is 6.12. The van der Waals surface area contributed by atoms with Gasteiger partial charge in [-0.1, -0.05) is 30.3 Å². The topological polar surface area (TPSA) is 84.1 Å². The molecule has 1 aromatic heterocycles. The molecular formula is C19H17N3O3. The molecule has 0 bridgehead atoms. The van der Waals surface area contributed by atoms with Crippen LogP contribution in [-0.4, -0.2) is 27.9 Å². The molecule has 1 aliphatic heterocycles. The molecule has 0 saturated heterocycles. The summed E-state index contributed by atoms with van der Waals surface area (Å²) in [4.78, 5) is 32.3. The number of nitrogens with zero attached hydrogens (tertiary/aromatic N) is 1. The van der Waals surface area contributed by atoms with Crippen LogP contribution in [-0.2, 0) is 16.0 Å². The molecule has 3 aromatic rings. The number of hydrogen-bond donors (Lipinski definition) is 2. The minimum atomic E-state index is -0.825. The van der Waals surface area contributed by atoms with E-state index >= 15 is 0 Å². The number of esters is 1. The van der Waals surface area contributed by atoms with Crippen molar-refractivity contribution >= 4 is 22.9 Å². The van der Waals surface area contributed by atoms with Gasteiger partial charge in [0.2, 0.25) is 0 Å². The minimum Gasteiger partial charge on any atom is -0.448 e. The van der Waals surface area contributed by atoms with Crippen LogP contribution in [0.4, 0.5) is 0 Å². The van der Waals surface area contributed by atoms with Gasteiger partial charge in [0.15, 0.2) is 6.10 Å². The van der Waals surface area contributed by atoms with Crippen LogP contribution in [0, 0.1) is 0 Å². The number of carbonyl (C=O) groups is 2. The van der Waals surface area contributed by atoms with Crippen LogP contribution in [0.3, 0.4) is 0 Å². The van der Waals surface area contributed by atoms with Crippen molar-refractivity contribution in [2.24, 2.45) is 0 Å². The molecule has 2 aromatic carbocycles. The summed E-state index contributed by atoms with van der Waals surface area (Å²) < 4.78 is 5.29. The number of rotatable bonds is 3. The van der Waals surface area contributed by atoms with Crippen molar-refractivity contribution < 1.29 is 14.3 Å². The molecule has 2 atom stereocenters. The number of carbonyl (C=O) groups excluding carboxylic acids is 2. The summed E-state index contributed by atoms with van der Waals surface area (Å²) in [6.45, 7) is 1.84. The van der Waals surface area contributed by atoms with Crippen LogP contribution >= 0.6 is 0 Å². The van der Waals surface area contributed by atoms with Gasteiger partial charge in [-0.15, -0.1) is 0 Å². The molecule has 1 aliphatic rings. The molecule has 0 aliphatic carbocycles. The monoisotopic (exact) mass is 335 g/mol. The number of cyclic esters (lactones) is 1. The molecule has 2 unspecified atom stereocenters. The van der Waals surface area contributed by atoms with Crippen molar-refractivity contribution in [2.45, 2.75) is 25.5 Å². The average molecular weight is 335 g/mol. The number of para-hydroxylation sites is 2. The molecule has 2 heterocycles. The summed E-state index contributed by atoms with van der Waals surface area (Å²) in [6, 6.07) is 14.5. The van der Waals surface area contributed by atoms with Gasteiger partial charge in [-0.25, -0.2) is 9.78 Å². The van der Waals surface area contributed by atoms with Crippen molar-refractivity contribution in [3.63, 3.8) is 0 Å². The lowest BCUT2D eigenvalue weighted by Gasteiger charge is -2.24. The Balaban J connectivity index is 1.49. The molecule has 4 rings (SSSR count). The van der Waals surface area contributed by atoms with E-state index < -0.39 is 12.1 Å². The highest BCUT2D eigenvalue weighted by molar-refractivity contribution is 5.95. The van der Waals surface area contributed by atoms with Gasteiger partial charge in [-0.2, -0.15) is 0 Å². The van der Waals surface area contributed by atoms with Crippen LogP contribution in [0.2, 0.25) is 0 Å². The van der Waals surface area contributed by atoms with E-state index in [9.17, 15) is 9.59 Å². The predicted molar refractivity (Wildman–Crippen MR) is 92.0 cm³/mol. The molecule has 6 nitrogen and oxygen atoms in total. The molecule has 0 saturated carbocycles. The van der Waals surface area contributed by atoms with Crippen LogP contribution in [0.25, 0.3) is 11.0 Å². The minimum absolute atomic E-state index is 0.323. The third-order valence-corrected chi connectivity index (χ3v) is 4.36. The highest BCUT2D eigenvalue weighted by Gasteiger charge is 2.31. The highest BCUT2D eigenvalue weighted by atomic mass is 16.5. The summed E-state index contributed by atoms with van der Waals surface area (Å²) in [6.07, 6.45) is -0.449. The molecule has 1 amide bonds. The number of imidazole rings is 1. The molecule has 25 heavy (non-hydrogen) atoms. The fraction of sp³-hybridized carbons (Fsp3) is 0.211. The zero-order chi connectivity index (χ0) is 17.4. The molecule has 126 valence electrons. The third-order valence-electron chi connectivity index (χ3n) is 4.36. The molecular weight excluding hydrogens is 318 g/mol. The predicted octanol–water partition coefficient (Wildman–Crippen LogP) is 2.52. The van der Waals surface area contributed by atoms with Crippen molar-refractivity contribution in [1.82, 2.24) is 15.3 Å². The van der Waals surface area contributed by atoms with Crippen molar-refractivity contribution in [1.29, 1.82) is 0 Å². The lowest BCUT2D eigenvalue weighted by atomic mass is 9.98. The van der Waals surface area contributed by atoms with Gasteiger partial charge < -0.3 is 15.0 Å². The number of hydrogen-bond acceptors (Lipinski definition) is 4. The lowest BCUT2D eigenvalue weighted by Crippen LogP contribution is -2.42. The number of nitrogens with one attached hydrogen (secondary N) is 2. The number of aromatic nitrogens is 2. The van der Waals surface area contributed by atoms with Crippen LogP contribution in [0.1, 0.15) is 34.7 Å². The Morgan fingerprint density at radius 3 is 2.84 bits per heavy atom. The summed E-state index contributed by atoms with van der Waals surface area (Å²) in [5.41, 5.74) is 3.11. The van der Waals surface area contributed by atoms with E-state index in [1.54, 1.807) is 12.1 Å². The first-order valence-corrected chi connectivity index (χ1v) is 8.16. The number of H-pyrrole nitrogens is 1. The van der Waals surface area contributed by atoms with Gasteiger partial charge in [0, 0.05) is 6.42 Å². The number of fused-ring (bicyclic) bond motifs is 2. The maximum Gasteiger partial charge on any atom is 0.339 e. The van der Waals surface area contributed by atoms with Gasteiger partial charge in [0.05, 0.1) is 22.6 Å². The van der Waals surface area contributed by atoms with Gasteiger partial charge in [-0.05, 0) is 30.7 Å². The van der Waals surface area contributed by atoms with Crippen LogP contribution in [0.15, 0.2) is 48.5 Å². The van der Waals surface area contributed by atoms with Crippen molar-refractivity contribution in [3.8, 4) is 0 Å². The van der Waals surface area contributed by atoms with Gasteiger partial charge in [-0.3, -0.25) is 4.79 Å². The normalized spacial score (nSPS) is 17.6. The van der Waals surface area contributed by atoms with Crippen molar-refractivity contribution in [3.05, 3.63) is 65.5 Å². The zero-order valence-corrected chi connectivity index (χ0v) is 13.7. The molecule has 6 heteroatoms. The Hall–Kier alpha value is -3.15. The van der Waals surface area contributed by atoms with E-state index in [0.717, 1.165) is 16.6 Å². The second-order valence-corrected chi connectivity index (χ2v) is 6.12. The molecule has 2 N–H and O–H groups in total. The Labute approximate surface area is 144 Å². The SMILES string of the molecule is CC(NC(=O)C1Cc2ccccc2C(=O)O1)c1nc2ccccc2[nH]1. The first-order chi connectivity index (χ1) is 12.1.